The Balaban J connectivity index is 2.09. The number of nitrogens with two attached hydrogens (primary N) is 1. The third kappa shape index (κ3) is 3.92. The highest BCUT2D eigenvalue weighted by atomic mass is 16.1. The SMILES string of the molecule is CC(C)(C)c1ccc(C(=O)Nc2ccc(CN)cc2)cc1. The van der Waals surface area contributed by atoms with E-state index in [-0.39, 0.29) is 11.3 Å². The van der Waals surface area contributed by atoms with Crippen LogP contribution < -0.4 is 11.1 Å². The van der Waals surface area contributed by atoms with E-state index in [0.29, 0.717) is 12.1 Å². The monoisotopic (exact) mass is 282 g/mol. The molecule has 0 radical (unpaired) electrons. The molecule has 2 rings (SSSR count). The van der Waals surface area contributed by atoms with Crippen LogP contribution in [0.25, 0.3) is 0 Å². The molecule has 0 atom stereocenters. The Morgan fingerprint density at radius 1 is 1.00 bits per heavy atom. The molecule has 0 fully saturated rings. The van der Waals surface area contributed by atoms with Crippen LogP contribution >= 0.6 is 0 Å². The van der Waals surface area contributed by atoms with Crippen LogP contribution in [0.1, 0.15) is 42.3 Å². The van der Waals surface area contributed by atoms with Crippen molar-refractivity contribution in [2.75, 3.05) is 5.32 Å². The molecule has 3 N–H and O–H groups in total. The molecule has 0 aromatic heterocycles. The molecule has 0 saturated heterocycles. The maximum atomic E-state index is 12.2. The predicted octanol–water partition coefficient (Wildman–Crippen LogP) is 3.70. The van der Waals surface area contributed by atoms with E-state index in [1.165, 1.54) is 5.56 Å². The summed E-state index contributed by atoms with van der Waals surface area (Å²) in [6.07, 6.45) is 0. The van der Waals surface area contributed by atoms with E-state index in [0.717, 1.165) is 11.3 Å². The van der Waals surface area contributed by atoms with Crippen molar-refractivity contribution in [3.05, 3.63) is 65.2 Å². The molecule has 0 aliphatic carbocycles. The fourth-order valence-corrected chi connectivity index (χ4v) is 2.05. The first-order chi connectivity index (χ1) is 9.90. The number of hydrogen-bond donors (Lipinski definition) is 2. The smallest absolute Gasteiger partial charge is 0.255 e. The van der Waals surface area contributed by atoms with Crippen molar-refractivity contribution in [3.8, 4) is 0 Å². The predicted molar refractivity (Wildman–Crippen MR) is 87.4 cm³/mol. The zero-order valence-corrected chi connectivity index (χ0v) is 12.8. The van der Waals surface area contributed by atoms with Crippen LogP contribution in [0.2, 0.25) is 0 Å². The van der Waals surface area contributed by atoms with Crippen LogP contribution in [0.4, 0.5) is 5.69 Å². The number of carbonyl (C=O) groups is 1. The van der Waals surface area contributed by atoms with Crippen molar-refractivity contribution in [1.29, 1.82) is 0 Å². The largest absolute Gasteiger partial charge is 0.326 e. The lowest BCUT2D eigenvalue weighted by Crippen LogP contribution is -2.14. The second kappa shape index (κ2) is 6.10. The van der Waals surface area contributed by atoms with E-state index in [2.05, 4.69) is 26.1 Å². The van der Waals surface area contributed by atoms with Crippen LogP contribution in [-0.2, 0) is 12.0 Å². The Labute approximate surface area is 126 Å². The topological polar surface area (TPSA) is 55.1 Å². The van der Waals surface area contributed by atoms with Gasteiger partial charge in [0.15, 0.2) is 0 Å². The van der Waals surface area contributed by atoms with Gasteiger partial charge in [0.1, 0.15) is 0 Å². The molecule has 21 heavy (non-hydrogen) atoms. The molecule has 0 saturated carbocycles. The molecule has 2 aromatic carbocycles. The van der Waals surface area contributed by atoms with Crippen LogP contribution in [-0.4, -0.2) is 5.91 Å². The standard InChI is InChI=1S/C18H22N2O/c1-18(2,3)15-8-6-14(7-9-15)17(21)20-16-10-4-13(12-19)5-11-16/h4-11H,12,19H2,1-3H3,(H,20,21). The van der Waals surface area contributed by atoms with Crippen LogP contribution in [0.5, 0.6) is 0 Å². The van der Waals surface area contributed by atoms with Gasteiger partial charge in [-0.25, -0.2) is 0 Å². The fraction of sp³-hybridized carbons (Fsp3) is 0.278. The molecule has 0 bridgehead atoms. The van der Waals surface area contributed by atoms with Gasteiger partial charge in [-0.3, -0.25) is 4.79 Å². The molecule has 2 aromatic rings. The van der Waals surface area contributed by atoms with Gasteiger partial charge >= 0.3 is 0 Å². The van der Waals surface area contributed by atoms with E-state index in [1.807, 2.05) is 48.5 Å². The third-order valence-corrected chi connectivity index (χ3v) is 3.46. The summed E-state index contributed by atoms with van der Waals surface area (Å²) in [6.45, 7) is 6.96. The summed E-state index contributed by atoms with van der Waals surface area (Å²) in [6, 6.07) is 15.3. The number of amides is 1. The van der Waals surface area contributed by atoms with Crippen LogP contribution in [0, 0.1) is 0 Å². The minimum absolute atomic E-state index is 0.0903. The van der Waals surface area contributed by atoms with Crippen LogP contribution in [0.15, 0.2) is 48.5 Å². The number of benzene rings is 2. The van der Waals surface area contributed by atoms with Gasteiger partial charge in [0.2, 0.25) is 0 Å². The number of rotatable bonds is 3. The zero-order chi connectivity index (χ0) is 15.5. The van der Waals surface area contributed by atoms with Crippen molar-refractivity contribution in [3.63, 3.8) is 0 Å². The summed E-state index contributed by atoms with van der Waals surface area (Å²) in [4.78, 5) is 12.2. The van der Waals surface area contributed by atoms with Crippen molar-refractivity contribution in [2.45, 2.75) is 32.7 Å². The molecule has 3 nitrogen and oxygen atoms in total. The number of hydrogen-bond acceptors (Lipinski definition) is 2. The van der Waals surface area contributed by atoms with Gasteiger partial charge in [-0.15, -0.1) is 0 Å². The molecular formula is C18H22N2O. The number of nitrogens with one attached hydrogen (secondary N) is 1. The molecule has 0 aliphatic heterocycles. The lowest BCUT2D eigenvalue weighted by Gasteiger charge is -2.19. The van der Waals surface area contributed by atoms with Gasteiger partial charge in [0.05, 0.1) is 0 Å². The highest BCUT2D eigenvalue weighted by molar-refractivity contribution is 6.04. The average Bonchev–Trinajstić information content (AvgIpc) is 2.47. The second-order valence-corrected chi connectivity index (χ2v) is 6.18. The van der Waals surface area contributed by atoms with Gasteiger partial charge in [-0.1, -0.05) is 45.0 Å². The van der Waals surface area contributed by atoms with Gasteiger partial charge in [-0.2, -0.15) is 0 Å². The van der Waals surface area contributed by atoms with E-state index in [4.69, 9.17) is 5.73 Å². The molecule has 0 heterocycles. The van der Waals surface area contributed by atoms with Gasteiger partial charge < -0.3 is 11.1 Å². The lowest BCUT2D eigenvalue weighted by atomic mass is 9.87. The normalized spacial score (nSPS) is 11.2. The van der Waals surface area contributed by atoms with E-state index in [1.54, 1.807) is 0 Å². The van der Waals surface area contributed by atoms with E-state index >= 15 is 0 Å². The van der Waals surface area contributed by atoms with E-state index < -0.39 is 0 Å². The number of anilines is 1. The molecule has 1 amide bonds. The van der Waals surface area contributed by atoms with Crippen molar-refractivity contribution in [1.82, 2.24) is 0 Å². The Bertz CT molecular complexity index is 607. The maximum absolute atomic E-state index is 12.2. The van der Waals surface area contributed by atoms with Crippen molar-refractivity contribution < 1.29 is 4.79 Å². The molecule has 0 unspecified atom stereocenters. The van der Waals surface area contributed by atoms with Gasteiger partial charge in [0.25, 0.3) is 5.91 Å². The Morgan fingerprint density at radius 3 is 2.05 bits per heavy atom. The van der Waals surface area contributed by atoms with Crippen molar-refractivity contribution in [2.24, 2.45) is 5.73 Å². The first-order valence-electron chi connectivity index (χ1n) is 7.11. The van der Waals surface area contributed by atoms with E-state index in [9.17, 15) is 4.79 Å². The zero-order valence-electron chi connectivity index (χ0n) is 12.8. The minimum atomic E-state index is -0.101. The Kier molecular flexibility index (Phi) is 4.43. The van der Waals surface area contributed by atoms with Crippen molar-refractivity contribution >= 4 is 11.6 Å². The summed E-state index contributed by atoms with van der Waals surface area (Å²) < 4.78 is 0. The maximum Gasteiger partial charge on any atom is 0.255 e. The van der Waals surface area contributed by atoms with Gasteiger partial charge in [-0.05, 0) is 40.8 Å². The summed E-state index contributed by atoms with van der Waals surface area (Å²) in [5.74, 6) is -0.101. The summed E-state index contributed by atoms with van der Waals surface area (Å²) >= 11 is 0. The molecule has 3 heteroatoms. The molecule has 110 valence electrons. The summed E-state index contributed by atoms with van der Waals surface area (Å²) in [5, 5.41) is 2.89. The quantitative estimate of drug-likeness (QED) is 0.902. The average molecular weight is 282 g/mol. The second-order valence-electron chi connectivity index (χ2n) is 6.18. The number of carbonyl (C=O) groups excluding carboxylic acids is 1. The molecule has 0 aliphatic rings. The summed E-state index contributed by atoms with van der Waals surface area (Å²) in [5.41, 5.74) is 9.34. The minimum Gasteiger partial charge on any atom is -0.326 e. The summed E-state index contributed by atoms with van der Waals surface area (Å²) in [7, 11) is 0. The Morgan fingerprint density at radius 2 is 1.57 bits per heavy atom. The molecular weight excluding hydrogens is 260 g/mol. The first-order valence-corrected chi connectivity index (χ1v) is 7.11. The van der Waals surface area contributed by atoms with Gasteiger partial charge in [0, 0.05) is 17.8 Å². The highest BCUT2D eigenvalue weighted by Crippen LogP contribution is 2.22. The molecule has 0 spiro atoms. The first kappa shape index (κ1) is 15.3. The third-order valence-electron chi connectivity index (χ3n) is 3.46. The Hall–Kier alpha value is -2.13. The highest BCUT2D eigenvalue weighted by Gasteiger charge is 2.14. The lowest BCUT2D eigenvalue weighted by molar-refractivity contribution is 0.102. The van der Waals surface area contributed by atoms with Crippen LogP contribution in [0.3, 0.4) is 0 Å². The fourth-order valence-electron chi connectivity index (χ4n) is 2.05.